The molecule has 0 fully saturated rings. The molecule has 0 unspecified atom stereocenters. The Bertz CT molecular complexity index is 849. The zero-order valence-electron chi connectivity index (χ0n) is 10.4. The molecule has 2 aromatic carbocycles. The number of hydrogen-bond acceptors (Lipinski definition) is 1. The molecule has 0 amide bonds. The molecule has 0 aliphatic heterocycles. The molecule has 0 bridgehead atoms. The smallest absolute Gasteiger partial charge is 0.153 e. The van der Waals surface area contributed by atoms with E-state index < -0.39 is 11.6 Å². The normalized spacial score (nSPS) is 11.3. The number of benzene rings is 2. The van der Waals surface area contributed by atoms with Gasteiger partial charge in [0.1, 0.15) is 17.2 Å². The van der Waals surface area contributed by atoms with Crippen LogP contribution in [0.2, 0.25) is 5.02 Å². The maximum atomic E-state index is 13.9. The van der Waals surface area contributed by atoms with Crippen molar-refractivity contribution in [2.75, 3.05) is 0 Å². The van der Waals surface area contributed by atoms with Gasteiger partial charge in [0.05, 0.1) is 26.6 Å². The Morgan fingerprint density at radius 1 is 1.24 bits per heavy atom. The number of hydrogen-bond donors (Lipinski definition) is 0. The molecule has 1 heterocycles. The first kappa shape index (κ1) is 14.8. The third-order valence-electron chi connectivity index (χ3n) is 3.04. The summed E-state index contributed by atoms with van der Waals surface area (Å²) in [5.41, 5.74) is 0.982. The summed E-state index contributed by atoms with van der Waals surface area (Å²) in [4.78, 5) is 4.14. The molecule has 7 heteroatoms. The van der Waals surface area contributed by atoms with Gasteiger partial charge in [-0.05, 0) is 28.1 Å². The van der Waals surface area contributed by atoms with Crippen LogP contribution in [0.1, 0.15) is 5.82 Å². The van der Waals surface area contributed by atoms with Gasteiger partial charge in [-0.25, -0.2) is 13.8 Å². The van der Waals surface area contributed by atoms with Crippen molar-refractivity contribution in [3.8, 4) is 5.69 Å². The maximum Gasteiger partial charge on any atom is 0.153 e. The molecule has 3 rings (SSSR count). The highest BCUT2D eigenvalue weighted by Gasteiger charge is 2.18. The Morgan fingerprint density at radius 2 is 2.00 bits per heavy atom. The quantitative estimate of drug-likeness (QED) is 0.530. The van der Waals surface area contributed by atoms with Crippen molar-refractivity contribution in [1.29, 1.82) is 0 Å². The van der Waals surface area contributed by atoms with Gasteiger partial charge < -0.3 is 0 Å². The van der Waals surface area contributed by atoms with E-state index in [0.717, 1.165) is 6.07 Å². The number of fused-ring (bicyclic) bond motifs is 1. The summed E-state index contributed by atoms with van der Waals surface area (Å²) in [6.45, 7) is 0. The highest BCUT2D eigenvalue weighted by atomic mass is 79.9. The second-order valence-corrected chi connectivity index (χ2v) is 5.79. The zero-order valence-corrected chi connectivity index (χ0v) is 13.5. The number of rotatable bonds is 2. The topological polar surface area (TPSA) is 17.8 Å². The molecule has 0 aliphatic carbocycles. The van der Waals surface area contributed by atoms with E-state index in [4.69, 9.17) is 23.2 Å². The van der Waals surface area contributed by atoms with Crippen molar-refractivity contribution in [2.45, 2.75) is 5.88 Å². The summed E-state index contributed by atoms with van der Waals surface area (Å²) in [5.74, 6) is -0.956. The fourth-order valence-corrected chi connectivity index (χ4v) is 2.97. The van der Waals surface area contributed by atoms with Crippen molar-refractivity contribution in [3.63, 3.8) is 0 Å². The SMILES string of the molecule is Fc1cc(F)c2nc(CCl)n(-c3cccc(Cl)c3Br)c2c1. The molecule has 0 radical (unpaired) electrons. The van der Waals surface area contributed by atoms with Gasteiger partial charge in [0.2, 0.25) is 0 Å². The lowest BCUT2D eigenvalue weighted by Gasteiger charge is -2.11. The highest BCUT2D eigenvalue weighted by molar-refractivity contribution is 9.10. The predicted molar refractivity (Wildman–Crippen MR) is 83.3 cm³/mol. The van der Waals surface area contributed by atoms with Crippen LogP contribution in [0, 0.1) is 11.6 Å². The van der Waals surface area contributed by atoms with E-state index in [9.17, 15) is 8.78 Å². The summed E-state index contributed by atoms with van der Waals surface area (Å²) < 4.78 is 29.6. The van der Waals surface area contributed by atoms with Crippen LogP contribution in [0.15, 0.2) is 34.8 Å². The first-order valence-electron chi connectivity index (χ1n) is 5.89. The van der Waals surface area contributed by atoms with Crippen LogP contribution in [0.4, 0.5) is 8.78 Å². The molecule has 0 spiro atoms. The van der Waals surface area contributed by atoms with Gasteiger partial charge in [-0.2, -0.15) is 0 Å². The maximum absolute atomic E-state index is 13.9. The first-order chi connectivity index (χ1) is 10.0. The van der Waals surface area contributed by atoms with Gasteiger partial charge >= 0.3 is 0 Å². The monoisotopic (exact) mass is 390 g/mol. The van der Waals surface area contributed by atoms with E-state index in [1.54, 1.807) is 22.8 Å². The summed E-state index contributed by atoms with van der Waals surface area (Å²) >= 11 is 15.3. The summed E-state index contributed by atoms with van der Waals surface area (Å²) in [6.07, 6.45) is 0. The van der Waals surface area contributed by atoms with Gasteiger partial charge in [0.25, 0.3) is 0 Å². The van der Waals surface area contributed by atoms with Crippen molar-refractivity contribution < 1.29 is 8.78 Å². The lowest BCUT2D eigenvalue weighted by molar-refractivity contribution is 0.590. The first-order valence-corrected chi connectivity index (χ1v) is 7.60. The summed E-state index contributed by atoms with van der Waals surface area (Å²) in [6, 6.07) is 7.22. The van der Waals surface area contributed by atoms with Crippen molar-refractivity contribution in [3.05, 3.63) is 57.3 Å². The molecule has 1 aromatic heterocycles. The lowest BCUT2D eigenvalue weighted by atomic mass is 10.2. The number of nitrogens with zero attached hydrogens (tertiary/aromatic N) is 2. The fourth-order valence-electron chi connectivity index (χ4n) is 2.18. The number of alkyl halides is 1. The van der Waals surface area contributed by atoms with E-state index in [1.165, 1.54) is 6.07 Å². The predicted octanol–water partition coefficient (Wildman–Crippen LogP) is 5.46. The second kappa shape index (κ2) is 5.55. The number of imidazole rings is 1. The minimum Gasteiger partial charge on any atom is -0.294 e. The van der Waals surface area contributed by atoms with Gasteiger partial charge in [0, 0.05) is 12.1 Å². The highest BCUT2D eigenvalue weighted by Crippen LogP contribution is 2.33. The van der Waals surface area contributed by atoms with Crippen LogP contribution in [-0.2, 0) is 5.88 Å². The molecular formula is C14H7BrCl2F2N2. The van der Waals surface area contributed by atoms with Crippen LogP contribution in [-0.4, -0.2) is 9.55 Å². The average molecular weight is 392 g/mol. The standard InChI is InChI=1S/C14H7BrCl2F2N2/c15-13-8(17)2-1-3-10(13)21-11-5-7(18)4-9(19)14(11)20-12(21)6-16/h1-5H,6H2. The van der Waals surface area contributed by atoms with Gasteiger partial charge in [-0.3, -0.25) is 4.57 Å². The fraction of sp³-hybridized carbons (Fsp3) is 0.0714. The summed E-state index contributed by atoms with van der Waals surface area (Å²) in [7, 11) is 0. The molecule has 0 saturated carbocycles. The third-order valence-corrected chi connectivity index (χ3v) is 4.66. The molecule has 0 saturated heterocycles. The Hall–Kier alpha value is -1.17. The van der Waals surface area contributed by atoms with E-state index in [1.807, 2.05) is 0 Å². The van der Waals surface area contributed by atoms with Gasteiger partial charge in [-0.1, -0.05) is 17.7 Å². The van der Waals surface area contributed by atoms with Gasteiger partial charge in [-0.15, -0.1) is 11.6 Å². The molecule has 0 atom stereocenters. The molecule has 0 aliphatic rings. The number of aromatic nitrogens is 2. The Labute approximate surface area is 137 Å². The molecule has 108 valence electrons. The van der Waals surface area contributed by atoms with Crippen molar-refractivity contribution >= 4 is 50.2 Å². The minimum atomic E-state index is -0.728. The van der Waals surface area contributed by atoms with E-state index in [-0.39, 0.29) is 11.4 Å². The van der Waals surface area contributed by atoms with Crippen molar-refractivity contribution in [2.24, 2.45) is 0 Å². The molecule has 3 aromatic rings. The average Bonchev–Trinajstić information content (AvgIpc) is 2.80. The zero-order chi connectivity index (χ0) is 15.1. The second-order valence-electron chi connectivity index (χ2n) is 4.33. The molecule has 2 nitrogen and oxygen atoms in total. The Kier molecular flexibility index (Phi) is 3.90. The molecule has 21 heavy (non-hydrogen) atoms. The van der Waals surface area contributed by atoms with Crippen LogP contribution in [0.5, 0.6) is 0 Å². The van der Waals surface area contributed by atoms with Crippen LogP contribution in [0.25, 0.3) is 16.7 Å². The summed E-state index contributed by atoms with van der Waals surface area (Å²) in [5, 5.41) is 0.478. The van der Waals surface area contributed by atoms with E-state index in [2.05, 4.69) is 20.9 Å². The largest absolute Gasteiger partial charge is 0.294 e. The molecular weight excluding hydrogens is 385 g/mol. The van der Waals surface area contributed by atoms with Crippen molar-refractivity contribution in [1.82, 2.24) is 9.55 Å². The number of halogens is 5. The van der Waals surface area contributed by atoms with Gasteiger partial charge in [0.15, 0.2) is 5.82 Å². The van der Waals surface area contributed by atoms with E-state index >= 15 is 0 Å². The van der Waals surface area contributed by atoms with Crippen LogP contribution >= 0.6 is 39.1 Å². The molecule has 0 N–H and O–H groups in total. The Balaban J connectivity index is 2.43. The van der Waals surface area contributed by atoms with Crippen LogP contribution in [0.3, 0.4) is 0 Å². The lowest BCUT2D eigenvalue weighted by Crippen LogP contribution is -2.00. The van der Waals surface area contributed by atoms with Crippen LogP contribution < -0.4 is 0 Å². The van der Waals surface area contributed by atoms with E-state index in [0.29, 0.717) is 26.5 Å². The Morgan fingerprint density at radius 3 is 2.71 bits per heavy atom. The third kappa shape index (κ3) is 2.43. The minimum absolute atomic E-state index is 0.0503.